The molecule has 1 aromatic carbocycles. The van der Waals surface area contributed by atoms with Gasteiger partial charge in [-0.05, 0) is 42.2 Å². The van der Waals surface area contributed by atoms with Gasteiger partial charge in [-0.3, -0.25) is 4.79 Å². The molecule has 0 saturated heterocycles. The second-order valence-electron chi connectivity index (χ2n) is 7.94. The molecule has 1 amide bonds. The van der Waals surface area contributed by atoms with Crippen LogP contribution in [0.1, 0.15) is 52.6 Å². The fourth-order valence-corrected chi connectivity index (χ4v) is 3.62. The number of benzene rings is 1. The maximum atomic E-state index is 12.8. The molecule has 0 saturated carbocycles. The Bertz CT molecular complexity index is 1080. The van der Waals surface area contributed by atoms with Crippen LogP contribution in [0, 0.1) is 6.92 Å². The molecule has 154 valence electrons. The van der Waals surface area contributed by atoms with Gasteiger partial charge in [0.2, 0.25) is 5.95 Å². The molecule has 2 aromatic heterocycles. The lowest BCUT2D eigenvalue weighted by atomic mass is 10.0. The standard InChI is InChI=1S/C23H26N6O/c1-14(2)16-5-7-18(8-6-16)26-22(30)20-9-4-15(3)21(27-20)29-11-10-19-17(13-29)12-25-23(24)28-19/h4-9,12,14H,10-11,13H2,1-3H3,(H,26,30)(H2,24,25,28). The van der Waals surface area contributed by atoms with Crippen molar-refractivity contribution >= 4 is 23.4 Å². The summed E-state index contributed by atoms with van der Waals surface area (Å²) in [5, 5.41) is 2.94. The van der Waals surface area contributed by atoms with Gasteiger partial charge in [-0.15, -0.1) is 0 Å². The van der Waals surface area contributed by atoms with Crippen LogP contribution < -0.4 is 16.0 Å². The van der Waals surface area contributed by atoms with Crippen molar-refractivity contribution < 1.29 is 4.79 Å². The maximum absolute atomic E-state index is 12.8. The number of anilines is 3. The van der Waals surface area contributed by atoms with Gasteiger partial charge in [-0.1, -0.05) is 32.0 Å². The van der Waals surface area contributed by atoms with Crippen molar-refractivity contribution in [3.63, 3.8) is 0 Å². The van der Waals surface area contributed by atoms with Crippen LogP contribution in [0.15, 0.2) is 42.6 Å². The summed E-state index contributed by atoms with van der Waals surface area (Å²) in [7, 11) is 0. The van der Waals surface area contributed by atoms with Gasteiger partial charge >= 0.3 is 0 Å². The molecule has 0 spiro atoms. The molecular formula is C23H26N6O. The van der Waals surface area contributed by atoms with E-state index in [9.17, 15) is 4.79 Å². The number of aromatic nitrogens is 3. The lowest BCUT2D eigenvalue weighted by Gasteiger charge is -2.30. The topological polar surface area (TPSA) is 97.0 Å². The number of hydrogen-bond donors (Lipinski definition) is 2. The van der Waals surface area contributed by atoms with Crippen molar-refractivity contribution in [2.75, 3.05) is 22.5 Å². The van der Waals surface area contributed by atoms with Crippen LogP contribution in [-0.2, 0) is 13.0 Å². The fraction of sp³-hybridized carbons (Fsp3) is 0.304. The number of rotatable bonds is 4. The highest BCUT2D eigenvalue weighted by atomic mass is 16.1. The molecule has 0 atom stereocenters. The second kappa shape index (κ2) is 8.10. The van der Waals surface area contributed by atoms with Gasteiger partial charge in [0, 0.05) is 37.0 Å². The molecule has 0 fully saturated rings. The predicted molar refractivity (Wildman–Crippen MR) is 119 cm³/mol. The predicted octanol–water partition coefficient (Wildman–Crippen LogP) is 3.70. The Morgan fingerprint density at radius 3 is 2.63 bits per heavy atom. The Kier molecular flexibility index (Phi) is 5.35. The summed E-state index contributed by atoms with van der Waals surface area (Å²) in [5.41, 5.74) is 11.1. The monoisotopic (exact) mass is 402 g/mol. The largest absolute Gasteiger partial charge is 0.368 e. The Morgan fingerprint density at radius 2 is 1.90 bits per heavy atom. The smallest absolute Gasteiger partial charge is 0.274 e. The molecule has 3 aromatic rings. The minimum Gasteiger partial charge on any atom is -0.368 e. The minimum atomic E-state index is -0.220. The normalized spacial score (nSPS) is 13.3. The SMILES string of the molecule is Cc1ccc(C(=O)Nc2ccc(C(C)C)cc2)nc1N1CCc2nc(N)ncc2C1. The van der Waals surface area contributed by atoms with E-state index in [-0.39, 0.29) is 5.91 Å². The highest BCUT2D eigenvalue weighted by molar-refractivity contribution is 6.03. The van der Waals surface area contributed by atoms with Crippen LogP contribution in [0.5, 0.6) is 0 Å². The van der Waals surface area contributed by atoms with Gasteiger partial charge in [0.25, 0.3) is 5.91 Å². The molecule has 0 unspecified atom stereocenters. The molecule has 30 heavy (non-hydrogen) atoms. The molecule has 0 radical (unpaired) electrons. The highest BCUT2D eigenvalue weighted by Gasteiger charge is 2.22. The maximum Gasteiger partial charge on any atom is 0.274 e. The van der Waals surface area contributed by atoms with Crippen molar-refractivity contribution in [2.45, 2.75) is 39.7 Å². The summed E-state index contributed by atoms with van der Waals surface area (Å²) in [5.74, 6) is 1.34. The number of hydrogen-bond acceptors (Lipinski definition) is 6. The molecular weight excluding hydrogens is 376 g/mol. The summed E-state index contributed by atoms with van der Waals surface area (Å²) in [6, 6.07) is 11.6. The summed E-state index contributed by atoms with van der Waals surface area (Å²) < 4.78 is 0. The average molecular weight is 403 g/mol. The van der Waals surface area contributed by atoms with Gasteiger partial charge in [0.1, 0.15) is 11.5 Å². The Hall–Kier alpha value is -3.48. The number of carbonyl (C=O) groups excluding carboxylic acids is 1. The van der Waals surface area contributed by atoms with E-state index in [0.29, 0.717) is 24.1 Å². The van der Waals surface area contributed by atoms with Gasteiger partial charge in [0.15, 0.2) is 0 Å². The Labute approximate surface area is 176 Å². The number of fused-ring (bicyclic) bond motifs is 1. The summed E-state index contributed by atoms with van der Waals surface area (Å²) in [4.78, 5) is 28.1. The number of aryl methyl sites for hydroxylation is 1. The first-order valence-electron chi connectivity index (χ1n) is 10.1. The van der Waals surface area contributed by atoms with Crippen molar-refractivity contribution in [3.8, 4) is 0 Å². The number of nitrogens with zero attached hydrogens (tertiary/aromatic N) is 4. The average Bonchev–Trinajstić information content (AvgIpc) is 2.74. The number of amides is 1. The zero-order valence-corrected chi connectivity index (χ0v) is 17.5. The van der Waals surface area contributed by atoms with E-state index in [1.165, 1.54) is 5.56 Å². The summed E-state index contributed by atoms with van der Waals surface area (Å²) in [6.07, 6.45) is 2.54. The van der Waals surface area contributed by atoms with Crippen LogP contribution in [-0.4, -0.2) is 27.4 Å². The first kappa shape index (κ1) is 19.8. The third-order valence-corrected chi connectivity index (χ3v) is 5.39. The molecule has 1 aliphatic rings. The van der Waals surface area contributed by atoms with Crippen LogP contribution >= 0.6 is 0 Å². The summed E-state index contributed by atoms with van der Waals surface area (Å²) >= 11 is 0. The molecule has 7 nitrogen and oxygen atoms in total. The van der Waals surface area contributed by atoms with Crippen LogP contribution in [0.4, 0.5) is 17.5 Å². The molecule has 1 aliphatic heterocycles. The van der Waals surface area contributed by atoms with E-state index in [4.69, 9.17) is 5.73 Å². The van der Waals surface area contributed by atoms with Crippen molar-refractivity contribution in [1.29, 1.82) is 0 Å². The van der Waals surface area contributed by atoms with Gasteiger partial charge in [-0.25, -0.2) is 15.0 Å². The van der Waals surface area contributed by atoms with E-state index < -0.39 is 0 Å². The first-order chi connectivity index (χ1) is 14.4. The first-order valence-corrected chi connectivity index (χ1v) is 10.1. The van der Waals surface area contributed by atoms with Crippen molar-refractivity contribution in [2.24, 2.45) is 0 Å². The molecule has 3 heterocycles. The zero-order chi connectivity index (χ0) is 21.3. The number of nitrogens with one attached hydrogen (secondary N) is 1. The molecule has 4 rings (SSSR count). The quantitative estimate of drug-likeness (QED) is 0.691. The van der Waals surface area contributed by atoms with Crippen molar-refractivity contribution in [1.82, 2.24) is 15.0 Å². The summed E-state index contributed by atoms with van der Waals surface area (Å²) in [6.45, 7) is 7.70. The molecule has 7 heteroatoms. The van der Waals surface area contributed by atoms with E-state index in [1.54, 1.807) is 12.3 Å². The fourth-order valence-electron chi connectivity index (χ4n) is 3.62. The Morgan fingerprint density at radius 1 is 1.13 bits per heavy atom. The number of nitrogen functional groups attached to an aromatic ring is 1. The van der Waals surface area contributed by atoms with E-state index in [2.05, 4.69) is 39.0 Å². The van der Waals surface area contributed by atoms with E-state index >= 15 is 0 Å². The Balaban J connectivity index is 1.53. The zero-order valence-electron chi connectivity index (χ0n) is 17.5. The molecule has 3 N–H and O–H groups in total. The number of pyridine rings is 1. The van der Waals surface area contributed by atoms with Crippen molar-refractivity contribution in [3.05, 3.63) is 70.7 Å². The van der Waals surface area contributed by atoms with E-state index in [0.717, 1.165) is 41.3 Å². The van der Waals surface area contributed by atoms with Crippen LogP contribution in [0.25, 0.3) is 0 Å². The molecule has 0 aliphatic carbocycles. The lowest BCUT2D eigenvalue weighted by molar-refractivity contribution is 0.102. The third kappa shape index (κ3) is 4.10. The lowest BCUT2D eigenvalue weighted by Crippen LogP contribution is -2.33. The van der Waals surface area contributed by atoms with Gasteiger partial charge < -0.3 is 16.0 Å². The second-order valence-corrected chi connectivity index (χ2v) is 7.94. The molecule has 0 bridgehead atoms. The third-order valence-electron chi connectivity index (χ3n) is 5.39. The van der Waals surface area contributed by atoms with Gasteiger partial charge in [-0.2, -0.15) is 0 Å². The number of carbonyl (C=O) groups is 1. The van der Waals surface area contributed by atoms with Crippen LogP contribution in [0.3, 0.4) is 0 Å². The van der Waals surface area contributed by atoms with Crippen LogP contribution in [0.2, 0.25) is 0 Å². The number of nitrogens with two attached hydrogens (primary N) is 1. The van der Waals surface area contributed by atoms with E-state index in [1.807, 2.05) is 37.3 Å². The minimum absolute atomic E-state index is 0.220. The highest BCUT2D eigenvalue weighted by Crippen LogP contribution is 2.25. The van der Waals surface area contributed by atoms with Gasteiger partial charge in [0.05, 0.1) is 5.69 Å².